The summed E-state index contributed by atoms with van der Waals surface area (Å²) in [6.07, 6.45) is 0. The number of ketones is 1. The number of benzene rings is 3. The number of likely N-dealkylation sites (N-methyl/N-ethyl adjacent to an activating group) is 1. The fraction of sp³-hybridized carbons (Fsp3) is 0.259. The third-order valence-corrected chi connectivity index (χ3v) is 6.51. The SMILES string of the molecule is Cc1cc(F)ccc1Nc1ccc(C(=O)c2cc(C(=O)N3CCN(C)CC3)ccc2C)c(Cl)c1. The molecule has 3 aromatic rings. The molecule has 1 N–H and O–H groups in total. The van der Waals surface area contributed by atoms with Crippen LogP contribution in [0.1, 0.15) is 37.4 Å². The van der Waals surface area contributed by atoms with Gasteiger partial charge in [0, 0.05) is 54.2 Å². The summed E-state index contributed by atoms with van der Waals surface area (Å²) in [4.78, 5) is 30.4. The highest BCUT2D eigenvalue weighted by Gasteiger charge is 2.23. The number of anilines is 2. The third kappa shape index (κ3) is 5.13. The molecule has 1 aliphatic heterocycles. The van der Waals surface area contributed by atoms with Crippen molar-refractivity contribution in [1.82, 2.24) is 9.80 Å². The summed E-state index contributed by atoms with van der Waals surface area (Å²) in [6, 6.07) is 14.8. The van der Waals surface area contributed by atoms with Crippen molar-refractivity contribution >= 4 is 34.7 Å². The van der Waals surface area contributed by atoms with Gasteiger partial charge in [0.25, 0.3) is 5.91 Å². The fourth-order valence-electron chi connectivity index (χ4n) is 4.04. The minimum atomic E-state index is -0.300. The molecule has 1 saturated heterocycles. The van der Waals surface area contributed by atoms with Gasteiger partial charge >= 0.3 is 0 Å². The Hall–Kier alpha value is -3.22. The van der Waals surface area contributed by atoms with Gasteiger partial charge in [0.05, 0.1) is 5.02 Å². The van der Waals surface area contributed by atoms with Crippen LogP contribution < -0.4 is 5.32 Å². The first kappa shape index (κ1) is 23.9. The molecule has 0 bridgehead atoms. The molecule has 0 unspecified atom stereocenters. The number of rotatable bonds is 5. The van der Waals surface area contributed by atoms with Gasteiger partial charge in [-0.25, -0.2) is 4.39 Å². The van der Waals surface area contributed by atoms with Crippen molar-refractivity contribution in [3.8, 4) is 0 Å². The van der Waals surface area contributed by atoms with Crippen molar-refractivity contribution in [2.75, 3.05) is 38.5 Å². The molecule has 0 radical (unpaired) electrons. The molecule has 0 aromatic heterocycles. The summed E-state index contributed by atoms with van der Waals surface area (Å²) in [5.74, 6) is -0.603. The highest BCUT2D eigenvalue weighted by Crippen LogP contribution is 2.28. The summed E-state index contributed by atoms with van der Waals surface area (Å²) in [6.45, 7) is 6.65. The Bertz CT molecular complexity index is 1250. The van der Waals surface area contributed by atoms with Crippen LogP contribution in [0.5, 0.6) is 0 Å². The van der Waals surface area contributed by atoms with Gasteiger partial charge in [-0.3, -0.25) is 9.59 Å². The monoisotopic (exact) mass is 479 g/mol. The molecule has 1 heterocycles. The van der Waals surface area contributed by atoms with Crippen LogP contribution in [0.15, 0.2) is 54.6 Å². The summed E-state index contributed by atoms with van der Waals surface area (Å²) < 4.78 is 13.4. The van der Waals surface area contributed by atoms with E-state index in [0.717, 1.165) is 29.9 Å². The minimum Gasteiger partial charge on any atom is -0.355 e. The van der Waals surface area contributed by atoms with E-state index in [-0.39, 0.29) is 17.5 Å². The summed E-state index contributed by atoms with van der Waals surface area (Å²) in [5.41, 5.74) is 4.29. The maximum absolute atomic E-state index is 13.4. The quantitative estimate of drug-likeness (QED) is 0.494. The molecule has 0 spiro atoms. The number of amides is 1. The number of nitrogens with zero attached hydrogens (tertiary/aromatic N) is 2. The van der Waals surface area contributed by atoms with Gasteiger partial charge < -0.3 is 15.1 Å². The molecule has 5 nitrogen and oxygen atoms in total. The number of piperazine rings is 1. The molecular formula is C27H27ClFN3O2. The van der Waals surface area contributed by atoms with E-state index in [1.54, 1.807) is 42.5 Å². The first-order valence-corrected chi connectivity index (χ1v) is 11.6. The Morgan fingerprint density at radius 3 is 2.29 bits per heavy atom. The first-order chi connectivity index (χ1) is 16.2. The minimum absolute atomic E-state index is 0.0672. The van der Waals surface area contributed by atoms with E-state index in [0.29, 0.717) is 40.5 Å². The normalized spacial score (nSPS) is 14.2. The maximum atomic E-state index is 13.4. The van der Waals surface area contributed by atoms with E-state index in [1.807, 2.05) is 25.8 Å². The van der Waals surface area contributed by atoms with Gasteiger partial charge in [-0.05, 0) is 80.6 Å². The van der Waals surface area contributed by atoms with Crippen LogP contribution in [0.2, 0.25) is 5.02 Å². The lowest BCUT2D eigenvalue weighted by atomic mass is 9.96. The Morgan fingerprint density at radius 1 is 0.882 bits per heavy atom. The highest BCUT2D eigenvalue weighted by molar-refractivity contribution is 6.35. The van der Waals surface area contributed by atoms with Crippen LogP contribution in [-0.2, 0) is 0 Å². The number of aryl methyl sites for hydroxylation is 2. The van der Waals surface area contributed by atoms with Crippen molar-refractivity contribution < 1.29 is 14.0 Å². The lowest BCUT2D eigenvalue weighted by Gasteiger charge is -2.32. The van der Waals surface area contributed by atoms with Crippen LogP contribution in [-0.4, -0.2) is 54.7 Å². The average molecular weight is 480 g/mol. The molecule has 0 aliphatic carbocycles. The highest BCUT2D eigenvalue weighted by atomic mass is 35.5. The van der Waals surface area contributed by atoms with Gasteiger partial charge in [-0.15, -0.1) is 0 Å². The predicted octanol–water partition coefficient (Wildman–Crippen LogP) is 5.46. The van der Waals surface area contributed by atoms with E-state index >= 15 is 0 Å². The van der Waals surface area contributed by atoms with Crippen molar-refractivity contribution in [3.05, 3.63) is 93.3 Å². The van der Waals surface area contributed by atoms with E-state index in [1.165, 1.54) is 12.1 Å². The van der Waals surface area contributed by atoms with Gasteiger partial charge in [0.2, 0.25) is 0 Å². The number of hydrogen-bond acceptors (Lipinski definition) is 4. The molecular weight excluding hydrogens is 453 g/mol. The predicted molar refractivity (Wildman–Crippen MR) is 134 cm³/mol. The molecule has 7 heteroatoms. The second kappa shape index (κ2) is 9.95. The second-order valence-corrected chi connectivity index (χ2v) is 9.14. The number of halogens is 2. The zero-order chi connectivity index (χ0) is 24.4. The summed E-state index contributed by atoms with van der Waals surface area (Å²) >= 11 is 6.49. The molecule has 0 atom stereocenters. The molecule has 176 valence electrons. The van der Waals surface area contributed by atoms with Gasteiger partial charge in [0.15, 0.2) is 5.78 Å². The molecule has 1 amide bonds. The first-order valence-electron chi connectivity index (χ1n) is 11.2. The van der Waals surface area contributed by atoms with Crippen molar-refractivity contribution in [2.45, 2.75) is 13.8 Å². The second-order valence-electron chi connectivity index (χ2n) is 8.73. The van der Waals surface area contributed by atoms with Crippen LogP contribution in [0, 0.1) is 19.7 Å². The Morgan fingerprint density at radius 2 is 1.62 bits per heavy atom. The van der Waals surface area contributed by atoms with E-state index in [4.69, 9.17) is 11.6 Å². The molecule has 0 saturated carbocycles. The lowest BCUT2D eigenvalue weighted by Crippen LogP contribution is -2.47. The molecule has 1 aliphatic rings. The molecule has 3 aromatic carbocycles. The van der Waals surface area contributed by atoms with Crippen molar-refractivity contribution in [3.63, 3.8) is 0 Å². The summed E-state index contributed by atoms with van der Waals surface area (Å²) in [5, 5.41) is 3.50. The van der Waals surface area contributed by atoms with Crippen LogP contribution >= 0.6 is 11.6 Å². The van der Waals surface area contributed by atoms with Crippen LogP contribution in [0.3, 0.4) is 0 Å². The topological polar surface area (TPSA) is 52.7 Å². The Labute approximate surface area is 204 Å². The molecule has 34 heavy (non-hydrogen) atoms. The van der Waals surface area contributed by atoms with Crippen molar-refractivity contribution in [2.24, 2.45) is 0 Å². The molecule has 1 fully saturated rings. The largest absolute Gasteiger partial charge is 0.355 e. The van der Waals surface area contributed by atoms with Crippen LogP contribution in [0.25, 0.3) is 0 Å². The number of carbonyl (C=O) groups excluding carboxylic acids is 2. The lowest BCUT2D eigenvalue weighted by molar-refractivity contribution is 0.0664. The maximum Gasteiger partial charge on any atom is 0.253 e. The number of nitrogens with one attached hydrogen (secondary N) is 1. The van der Waals surface area contributed by atoms with E-state index in [2.05, 4.69) is 10.2 Å². The Kier molecular flexibility index (Phi) is 7.00. The van der Waals surface area contributed by atoms with Gasteiger partial charge in [-0.1, -0.05) is 17.7 Å². The smallest absolute Gasteiger partial charge is 0.253 e. The zero-order valence-corrected chi connectivity index (χ0v) is 20.2. The van der Waals surface area contributed by atoms with Crippen LogP contribution in [0.4, 0.5) is 15.8 Å². The standard InChI is InChI=1S/C27H27ClFN3O2/c1-17-4-5-19(27(34)32-12-10-31(3)11-13-32)15-23(17)26(33)22-8-7-21(16-24(22)28)30-25-9-6-20(29)14-18(25)2/h4-9,14-16,30H,10-13H2,1-3H3. The number of carbonyl (C=O) groups is 2. The molecule has 4 rings (SSSR count). The number of hydrogen-bond donors (Lipinski definition) is 1. The Balaban J connectivity index is 1.56. The fourth-order valence-corrected chi connectivity index (χ4v) is 4.30. The van der Waals surface area contributed by atoms with Gasteiger partial charge in [0.1, 0.15) is 5.82 Å². The van der Waals surface area contributed by atoms with Crippen molar-refractivity contribution in [1.29, 1.82) is 0 Å². The average Bonchev–Trinajstić information content (AvgIpc) is 2.81. The van der Waals surface area contributed by atoms with Gasteiger partial charge in [-0.2, -0.15) is 0 Å². The van der Waals surface area contributed by atoms with E-state index < -0.39 is 0 Å². The third-order valence-electron chi connectivity index (χ3n) is 6.20. The van der Waals surface area contributed by atoms with E-state index in [9.17, 15) is 14.0 Å². The zero-order valence-electron chi connectivity index (χ0n) is 19.5. The summed E-state index contributed by atoms with van der Waals surface area (Å²) in [7, 11) is 2.04.